The maximum Gasteiger partial charge on any atom is 0.0703 e. The van der Waals surface area contributed by atoms with Crippen LogP contribution in [0.3, 0.4) is 0 Å². The summed E-state index contributed by atoms with van der Waals surface area (Å²) >= 11 is 0. The molecule has 17 heavy (non-hydrogen) atoms. The van der Waals surface area contributed by atoms with E-state index in [4.69, 9.17) is 5.73 Å². The van der Waals surface area contributed by atoms with Gasteiger partial charge in [-0.15, -0.1) is 0 Å². The van der Waals surface area contributed by atoms with Gasteiger partial charge in [-0.05, 0) is 38.1 Å². The third-order valence-electron chi connectivity index (χ3n) is 3.55. The van der Waals surface area contributed by atoms with Gasteiger partial charge in [0.05, 0.1) is 18.3 Å². The van der Waals surface area contributed by atoms with Crippen LogP contribution >= 0.6 is 0 Å². The van der Waals surface area contributed by atoms with Crippen LogP contribution in [0.1, 0.15) is 12.8 Å². The molecule has 0 bridgehead atoms. The smallest absolute Gasteiger partial charge is 0.0703 e. The van der Waals surface area contributed by atoms with Gasteiger partial charge >= 0.3 is 0 Å². The summed E-state index contributed by atoms with van der Waals surface area (Å²) in [5.41, 5.74) is 7.88. The lowest BCUT2D eigenvalue weighted by Gasteiger charge is -2.14. The predicted octanol–water partition coefficient (Wildman–Crippen LogP) is 1.71. The Morgan fingerprint density at radius 3 is 2.82 bits per heavy atom. The molecule has 1 fully saturated rings. The third-order valence-corrected chi connectivity index (χ3v) is 3.55. The van der Waals surface area contributed by atoms with Gasteiger partial charge in [0, 0.05) is 17.6 Å². The number of nitrogens with zero attached hydrogens (tertiary/aromatic N) is 3. The molecule has 90 valence electrons. The van der Waals surface area contributed by atoms with Crippen molar-refractivity contribution < 1.29 is 0 Å². The summed E-state index contributed by atoms with van der Waals surface area (Å²) in [6.45, 7) is 4.52. The molecular weight excluding hydrogens is 212 g/mol. The number of hydrogen-bond acceptors (Lipinski definition) is 3. The van der Waals surface area contributed by atoms with E-state index in [1.165, 1.54) is 25.9 Å². The zero-order valence-corrected chi connectivity index (χ0v) is 9.97. The number of benzene rings is 1. The van der Waals surface area contributed by atoms with Gasteiger partial charge in [0.1, 0.15) is 0 Å². The second-order valence-corrected chi connectivity index (χ2v) is 4.70. The molecule has 0 atom stereocenters. The monoisotopic (exact) mass is 230 g/mol. The van der Waals surface area contributed by atoms with Gasteiger partial charge in [-0.2, -0.15) is 5.10 Å². The van der Waals surface area contributed by atoms with Gasteiger partial charge < -0.3 is 10.6 Å². The lowest BCUT2D eigenvalue weighted by molar-refractivity contribution is 0.318. The second kappa shape index (κ2) is 4.37. The highest BCUT2D eigenvalue weighted by Crippen LogP contribution is 2.20. The van der Waals surface area contributed by atoms with E-state index in [1.54, 1.807) is 0 Å². The number of hydrogen-bond donors (Lipinski definition) is 1. The van der Waals surface area contributed by atoms with Crippen LogP contribution in [0.2, 0.25) is 0 Å². The Balaban J connectivity index is 1.78. The maximum absolute atomic E-state index is 5.92. The zero-order valence-electron chi connectivity index (χ0n) is 9.97. The second-order valence-electron chi connectivity index (χ2n) is 4.70. The molecule has 3 rings (SSSR count). The normalized spacial score (nSPS) is 16.9. The summed E-state index contributed by atoms with van der Waals surface area (Å²) in [6, 6.07) is 6.00. The first-order valence-corrected chi connectivity index (χ1v) is 6.27. The zero-order chi connectivity index (χ0) is 11.7. The molecule has 0 aliphatic carbocycles. The molecule has 1 aromatic carbocycles. The van der Waals surface area contributed by atoms with Crippen molar-refractivity contribution in [2.75, 3.05) is 25.4 Å². The van der Waals surface area contributed by atoms with E-state index >= 15 is 0 Å². The minimum absolute atomic E-state index is 0.815. The molecule has 2 heterocycles. The molecule has 4 heteroatoms. The minimum atomic E-state index is 0.815. The summed E-state index contributed by atoms with van der Waals surface area (Å²) in [6.07, 6.45) is 4.55. The molecule has 0 spiro atoms. The predicted molar refractivity (Wildman–Crippen MR) is 69.8 cm³/mol. The van der Waals surface area contributed by atoms with Gasteiger partial charge in [-0.1, -0.05) is 6.07 Å². The quantitative estimate of drug-likeness (QED) is 0.817. The maximum atomic E-state index is 5.92. The molecule has 1 aliphatic rings. The largest absolute Gasteiger partial charge is 0.398 e. The van der Waals surface area contributed by atoms with Crippen LogP contribution in [0.25, 0.3) is 10.9 Å². The van der Waals surface area contributed by atoms with E-state index in [9.17, 15) is 0 Å². The molecule has 2 N–H and O–H groups in total. The average molecular weight is 230 g/mol. The van der Waals surface area contributed by atoms with Crippen LogP contribution in [-0.4, -0.2) is 34.3 Å². The Bertz CT molecular complexity index is 511. The van der Waals surface area contributed by atoms with Crippen LogP contribution in [-0.2, 0) is 6.54 Å². The Morgan fingerprint density at radius 2 is 2.00 bits per heavy atom. The first-order valence-electron chi connectivity index (χ1n) is 6.27. The molecule has 1 aliphatic heterocycles. The fraction of sp³-hybridized carbons (Fsp3) is 0.462. The summed E-state index contributed by atoms with van der Waals surface area (Å²) in [5.74, 6) is 0. The highest BCUT2D eigenvalue weighted by molar-refractivity contribution is 5.90. The summed E-state index contributed by atoms with van der Waals surface area (Å²) in [7, 11) is 0. The number of rotatable bonds is 3. The van der Waals surface area contributed by atoms with Crippen molar-refractivity contribution in [1.82, 2.24) is 14.7 Å². The van der Waals surface area contributed by atoms with Crippen LogP contribution in [0.4, 0.5) is 5.69 Å². The Hall–Kier alpha value is -1.55. The number of aromatic nitrogens is 2. The highest BCUT2D eigenvalue weighted by Gasteiger charge is 2.12. The van der Waals surface area contributed by atoms with Crippen molar-refractivity contribution in [3.05, 3.63) is 24.4 Å². The lowest BCUT2D eigenvalue weighted by atomic mass is 10.2. The van der Waals surface area contributed by atoms with Crippen LogP contribution in [0.5, 0.6) is 0 Å². The lowest BCUT2D eigenvalue weighted by Crippen LogP contribution is -2.24. The standard InChI is InChI=1S/C13H18N4/c14-12-4-3-5-13-11(12)10-15-17(13)9-8-16-6-1-2-7-16/h3-5,10H,1-2,6-9,14H2. The van der Waals surface area contributed by atoms with Crippen molar-refractivity contribution >= 4 is 16.6 Å². The van der Waals surface area contributed by atoms with Crippen LogP contribution < -0.4 is 5.73 Å². The molecular formula is C13H18N4. The third kappa shape index (κ3) is 2.00. The fourth-order valence-electron chi connectivity index (χ4n) is 2.55. The van der Waals surface area contributed by atoms with E-state index in [1.807, 2.05) is 18.3 Å². The van der Waals surface area contributed by atoms with E-state index in [0.717, 1.165) is 29.7 Å². The number of likely N-dealkylation sites (tertiary alicyclic amines) is 1. The van der Waals surface area contributed by atoms with Crippen molar-refractivity contribution in [1.29, 1.82) is 0 Å². The topological polar surface area (TPSA) is 47.1 Å². The molecule has 4 nitrogen and oxygen atoms in total. The SMILES string of the molecule is Nc1cccc2c1cnn2CCN1CCCC1. The van der Waals surface area contributed by atoms with Gasteiger partial charge in [-0.3, -0.25) is 4.68 Å². The number of nitrogens with two attached hydrogens (primary N) is 1. The molecule has 1 saturated heterocycles. The van der Waals surface area contributed by atoms with Gasteiger partial charge in [0.15, 0.2) is 0 Å². The number of nitrogen functional groups attached to an aromatic ring is 1. The Morgan fingerprint density at radius 1 is 1.18 bits per heavy atom. The molecule has 0 radical (unpaired) electrons. The van der Waals surface area contributed by atoms with E-state index < -0.39 is 0 Å². The van der Waals surface area contributed by atoms with E-state index in [0.29, 0.717) is 0 Å². The fourth-order valence-corrected chi connectivity index (χ4v) is 2.55. The molecule has 0 saturated carbocycles. The Labute approximate surface area is 101 Å². The first kappa shape index (κ1) is 10.6. The Kier molecular flexibility index (Phi) is 2.73. The molecule has 0 unspecified atom stereocenters. The first-order chi connectivity index (χ1) is 8.34. The van der Waals surface area contributed by atoms with Gasteiger partial charge in [-0.25, -0.2) is 0 Å². The summed E-state index contributed by atoms with van der Waals surface area (Å²) < 4.78 is 2.06. The van der Waals surface area contributed by atoms with Crippen molar-refractivity contribution in [3.63, 3.8) is 0 Å². The average Bonchev–Trinajstić information content (AvgIpc) is 2.95. The van der Waals surface area contributed by atoms with Crippen molar-refractivity contribution in [2.45, 2.75) is 19.4 Å². The van der Waals surface area contributed by atoms with E-state index in [-0.39, 0.29) is 0 Å². The number of fused-ring (bicyclic) bond motifs is 1. The van der Waals surface area contributed by atoms with Crippen LogP contribution in [0.15, 0.2) is 24.4 Å². The van der Waals surface area contributed by atoms with Gasteiger partial charge in [0.25, 0.3) is 0 Å². The molecule has 1 aromatic heterocycles. The van der Waals surface area contributed by atoms with Crippen molar-refractivity contribution in [3.8, 4) is 0 Å². The van der Waals surface area contributed by atoms with E-state index in [2.05, 4.69) is 20.7 Å². The minimum Gasteiger partial charge on any atom is -0.398 e. The van der Waals surface area contributed by atoms with Gasteiger partial charge in [0.2, 0.25) is 0 Å². The highest BCUT2D eigenvalue weighted by atomic mass is 15.3. The molecule has 2 aromatic rings. The summed E-state index contributed by atoms with van der Waals surface area (Å²) in [5, 5.41) is 5.49. The number of anilines is 1. The summed E-state index contributed by atoms with van der Waals surface area (Å²) in [4.78, 5) is 2.50. The van der Waals surface area contributed by atoms with Crippen molar-refractivity contribution in [2.24, 2.45) is 0 Å². The molecule has 0 amide bonds. The van der Waals surface area contributed by atoms with Crippen LogP contribution in [0, 0.1) is 0 Å².